The van der Waals surface area contributed by atoms with E-state index in [0.717, 1.165) is 11.6 Å². The zero-order chi connectivity index (χ0) is 20.6. The van der Waals surface area contributed by atoms with Gasteiger partial charge in [0.25, 0.3) is 0 Å². The van der Waals surface area contributed by atoms with Crippen LogP contribution in [-0.4, -0.2) is 33.0 Å². The van der Waals surface area contributed by atoms with Crippen molar-refractivity contribution in [3.05, 3.63) is 60.2 Å². The van der Waals surface area contributed by atoms with E-state index < -0.39 is 22.1 Å². The van der Waals surface area contributed by atoms with Gasteiger partial charge in [-0.2, -0.15) is 0 Å². The molecular weight excluding hydrogens is 524 g/mol. The molecule has 0 saturated heterocycles. The van der Waals surface area contributed by atoms with Crippen molar-refractivity contribution >= 4 is 45.6 Å². The number of nitrogens with two attached hydrogens (primary N) is 1. The van der Waals surface area contributed by atoms with E-state index in [4.69, 9.17) is 5.73 Å². The molecule has 7 nitrogen and oxygen atoms in total. The summed E-state index contributed by atoms with van der Waals surface area (Å²) in [5.41, 5.74) is 6.37. The highest BCUT2D eigenvalue weighted by Crippen LogP contribution is 2.29. The second-order valence-electron chi connectivity index (χ2n) is 5.56. The minimum Gasteiger partial charge on any atom is -0.404 e. The Morgan fingerprint density at radius 1 is 1.07 bits per heavy atom. The fourth-order valence-electron chi connectivity index (χ4n) is 2.11. The van der Waals surface area contributed by atoms with Crippen LogP contribution in [-0.2, 0) is 16.6 Å². The first-order chi connectivity index (χ1) is 13.1. The average molecular weight is 544 g/mol. The summed E-state index contributed by atoms with van der Waals surface area (Å²) in [5.74, 6) is -1.05. The van der Waals surface area contributed by atoms with Gasteiger partial charge in [-0.25, -0.2) is 13.1 Å². The van der Waals surface area contributed by atoms with Gasteiger partial charge in [0, 0.05) is 6.54 Å². The third kappa shape index (κ3) is 9.80. The largest absolute Gasteiger partial charge is 0.573 e. The number of sulfonamides is 1. The van der Waals surface area contributed by atoms with Crippen molar-refractivity contribution in [3.63, 3.8) is 0 Å². The van der Waals surface area contributed by atoms with E-state index in [2.05, 4.69) is 19.8 Å². The van der Waals surface area contributed by atoms with Crippen molar-refractivity contribution < 1.29 is 26.3 Å². The van der Waals surface area contributed by atoms with Crippen LogP contribution in [0.1, 0.15) is 5.56 Å². The number of nitrogens with one attached hydrogen (secondary N) is 2. The molecule has 0 fully saturated rings. The molecule has 2 rings (SSSR count). The summed E-state index contributed by atoms with van der Waals surface area (Å²) in [6.45, 7) is -0.0337. The smallest absolute Gasteiger partial charge is 0.404 e. The number of hydrogen-bond acceptors (Lipinski definition) is 4. The maximum absolute atomic E-state index is 12.4. The van der Waals surface area contributed by atoms with Gasteiger partial charge in [-0.1, -0.05) is 42.5 Å². The van der Waals surface area contributed by atoms with Gasteiger partial charge >= 0.3 is 6.36 Å². The maximum Gasteiger partial charge on any atom is 0.573 e. The summed E-state index contributed by atoms with van der Waals surface area (Å²) in [6.07, 6.45) is -4.86. The third-order valence-corrected chi connectivity index (χ3v) is 4.66. The molecule has 29 heavy (non-hydrogen) atoms. The summed E-state index contributed by atoms with van der Waals surface area (Å²) in [6, 6.07) is 14.2. The highest BCUT2D eigenvalue weighted by molar-refractivity contribution is 14.0. The summed E-state index contributed by atoms with van der Waals surface area (Å²) in [4.78, 5) is 3.82. The monoisotopic (exact) mass is 544 g/mol. The van der Waals surface area contributed by atoms with E-state index in [0.29, 0.717) is 0 Å². The van der Waals surface area contributed by atoms with Gasteiger partial charge in [-0.05, 0) is 17.7 Å². The fraction of sp³-hybridized carbons (Fsp3) is 0.235. The number of halogens is 4. The average Bonchev–Trinajstić information content (AvgIpc) is 2.61. The van der Waals surface area contributed by atoms with E-state index >= 15 is 0 Å². The molecule has 160 valence electrons. The van der Waals surface area contributed by atoms with E-state index in [-0.39, 0.29) is 54.5 Å². The highest BCUT2D eigenvalue weighted by atomic mass is 127. The van der Waals surface area contributed by atoms with E-state index in [1.807, 2.05) is 6.07 Å². The first-order valence-corrected chi connectivity index (χ1v) is 9.73. The number of alkyl halides is 3. The summed E-state index contributed by atoms with van der Waals surface area (Å²) in [5, 5.41) is 2.46. The maximum atomic E-state index is 12.4. The van der Waals surface area contributed by atoms with Crippen LogP contribution in [0.15, 0.2) is 59.6 Å². The first kappa shape index (κ1) is 25.0. The lowest BCUT2D eigenvalue weighted by Crippen LogP contribution is -2.29. The Morgan fingerprint density at radius 3 is 2.34 bits per heavy atom. The Bertz CT molecular complexity index is 910. The summed E-state index contributed by atoms with van der Waals surface area (Å²) >= 11 is 0. The summed E-state index contributed by atoms with van der Waals surface area (Å²) < 4.78 is 67.5. The topological polar surface area (TPSA) is 106 Å². The fourth-order valence-corrected chi connectivity index (χ4v) is 2.97. The number of ether oxygens (including phenoxy) is 1. The molecule has 0 aliphatic carbocycles. The van der Waals surface area contributed by atoms with Crippen LogP contribution >= 0.6 is 24.0 Å². The molecular formula is C17H20F3IN4O3S. The molecule has 4 N–H and O–H groups in total. The summed E-state index contributed by atoms with van der Waals surface area (Å²) in [7, 11) is -3.59. The third-order valence-electron chi connectivity index (χ3n) is 3.36. The minimum atomic E-state index is -4.86. The second-order valence-corrected chi connectivity index (χ2v) is 7.49. The number of anilines is 1. The van der Waals surface area contributed by atoms with Crippen LogP contribution in [0.25, 0.3) is 0 Å². The Balaban J connectivity index is 0.00000420. The first-order valence-electron chi connectivity index (χ1n) is 8.07. The standard InChI is InChI=1S/C17H19F3N4O3S.HI/c18-17(19,20)27-15-9-5-4-8-14(15)24-16(21)22-10-11-28(25,26)23-12-13-6-2-1-3-7-13;/h1-9,23H,10-12H2,(H3,21,22,24);1H. The Kier molecular flexibility index (Phi) is 9.65. The van der Waals surface area contributed by atoms with Crippen molar-refractivity contribution in [1.82, 2.24) is 4.72 Å². The number of rotatable bonds is 8. The van der Waals surface area contributed by atoms with Gasteiger partial charge in [0.05, 0.1) is 18.0 Å². The lowest BCUT2D eigenvalue weighted by molar-refractivity contribution is -0.274. The molecule has 0 aliphatic rings. The van der Waals surface area contributed by atoms with Crippen LogP contribution in [0.2, 0.25) is 0 Å². The van der Waals surface area contributed by atoms with E-state index in [1.54, 1.807) is 24.3 Å². The van der Waals surface area contributed by atoms with Gasteiger partial charge in [-0.3, -0.25) is 4.99 Å². The van der Waals surface area contributed by atoms with Gasteiger partial charge < -0.3 is 15.8 Å². The SMILES string of the molecule is I.NC(=NCCS(=O)(=O)NCc1ccccc1)Nc1ccccc1OC(F)(F)F. The molecule has 0 radical (unpaired) electrons. The molecule has 2 aromatic carbocycles. The molecule has 0 spiro atoms. The Morgan fingerprint density at radius 2 is 1.69 bits per heavy atom. The van der Waals surface area contributed by atoms with Crippen LogP contribution in [0.4, 0.5) is 18.9 Å². The molecule has 2 aromatic rings. The number of guanidine groups is 1. The number of nitrogens with zero attached hydrogens (tertiary/aromatic N) is 1. The Labute approximate surface area is 183 Å². The van der Waals surface area contributed by atoms with Crippen molar-refractivity contribution in [2.24, 2.45) is 10.7 Å². The molecule has 0 saturated carbocycles. The number of para-hydroxylation sites is 2. The van der Waals surface area contributed by atoms with Gasteiger partial charge in [-0.15, -0.1) is 37.1 Å². The number of aliphatic imine (C=N–C) groups is 1. The normalized spacial score (nSPS) is 12.2. The second kappa shape index (κ2) is 11.2. The zero-order valence-electron chi connectivity index (χ0n) is 15.0. The van der Waals surface area contributed by atoms with Gasteiger partial charge in [0.15, 0.2) is 11.7 Å². The molecule has 0 unspecified atom stereocenters. The quantitative estimate of drug-likeness (QED) is 0.269. The van der Waals surface area contributed by atoms with Crippen molar-refractivity contribution in [2.45, 2.75) is 12.9 Å². The lowest BCUT2D eigenvalue weighted by atomic mass is 10.2. The molecule has 0 atom stereocenters. The van der Waals surface area contributed by atoms with Crippen molar-refractivity contribution in [3.8, 4) is 5.75 Å². The van der Waals surface area contributed by atoms with Crippen LogP contribution in [0.3, 0.4) is 0 Å². The Hall–Kier alpha value is -2.06. The number of hydrogen-bond donors (Lipinski definition) is 3. The molecule has 0 bridgehead atoms. The van der Waals surface area contributed by atoms with Crippen molar-refractivity contribution in [2.75, 3.05) is 17.6 Å². The van der Waals surface area contributed by atoms with Crippen LogP contribution < -0.4 is 20.5 Å². The van der Waals surface area contributed by atoms with E-state index in [9.17, 15) is 21.6 Å². The minimum absolute atomic E-state index is 0. The number of benzene rings is 2. The molecule has 0 aliphatic heterocycles. The van der Waals surface area contributed by atoms with Gasteiger partial charge in [0.1, 0.15) is 0 Å². The molecule has 12 heteroatoms. The molecule has 0 heterocycles. The molecule has 0 amide bonds. The van der Waals surface area contributed by atoms with Crippen molar-refractivity contribution in [1.29, 1.82) is 0 Å². The van der Waals surface area contributed by atoms with Crippen LogP contribution in [0, 0.1) is 0 Å². The predicted octanol–water partition coefficient (Wildman–Crippen LogP) is 3.05. The zero-order valence-corrected chi connectivity index (χ0v) is 18.2. The van der Waals surface area contributed by atoms with Gasteiger partial charge in [0.2, 0.25) is 10.0 Å². The van der Waals surface area contributed by atoms with Crippen LogP contribution in [0.5, 0.6) is 5.75 Å². The highest BCUT2D eigenvalue weighted by Gasteiger charge is 2.32. The lowest BCUT2D eigenvalue weighted by Gasteiger charge is -2.14. The predicted molar refractivity (Wildman–Crippen MR) is 116 cm³/mol. The van der Waals surface area contributed by atoms with E-state index in [1.165, 1.54) is 18.2 Å². The molecule has 0 aromatic heterocycles.